The van der Waals surface area contributed by atoms with Crippen LogP contribution in [0.15, 0.2) is 78.9 Å². The number of rotatable bonds is 6. The van der Waals surface area contributed by atoms with E-state index in [1.54, 1.807) is 16.8 Å². The molecule has 0 aliphatic carbocycles. The monoisotopic (exact) mass is 582 g/mol. The first kappa shape index (κ1) is 30.3. The lowest BCUT2D eigenvalue weighted by atomic mass is 9.96. The van der Waals surface area contributed by atoms with Gasteiger partial charge in [0.25, 0.3) is 5.91 Å². The Morgan fingerprint density at radius 1 is 1.05 bits per heavy atom. The second-order valence-corrected chi connectivity index (χ2v) is 11.7. The van der Waals surface area contributed by atoms with E-state index in [0.29, 0.717) is 25.4 Å². The van der Waals surface area contributed by atoms with Crippen molar-refractivity contribution in [2.45, 2.75) is 45.6 Å². The van der Waals surface area contributed by atoms with Crippen LogP contribution in [0.2, 0.25) is 0 Å². The quantitative estimate of drug-likeness (QED) is 0.310. The second kappa shape index (κ2) is 13.0. The van der Waals surface area contributed by atoms with E-state index in [2.05, 4.69) is 5.32 Å². The van der Waals surface area contributed by atoms with Crippen molar-refractivity contribution in [3.63, 3.8) is 0 Å². The molecule has 8 heteroatoms. The molecule has 1 aliphatic heterocycles. The number of hydrogen-bond donors (Lipinski definition) is 2. The lowest BCUT2D eigenvalue weighted by Crippen LogP contribution is -2.49. The van der Waals surface area contributed by atoms with Crippen LogP contribution >= 0.6 is 0 Å². The SMILES string of the molecule is C[C@H](NC(=O)N(C)C[C@@H]1OCc2ccccc2-c2c(n(C)c3ccccc23)C(=O)N([C@@H](C)CO)C[C@@H]1C)c1ccccc1. The summed E-state index contributed by atoms with van der Waals surface area (Å²) in [5.41, 5.74) is 5.36. The molecule has 43 heavy (non-hydrogen) atoms. The summed E-state index contributed by atoms with van der Waals surface area (Å²) in [5.74, 6) is -0.275. The lowest BCUT2D eigenvalue weighted by Gasteiger charge is -2.35. The van der Waals surface area contributed by atoms with Crippen LogP contribution in [-0.2, 0) is 18.4 Å². The van der Waals surface area contributed by atoms with Gasteiger partial charge in [0.15, 0.2) is 0 Å². The summed E-state index contributed by atoms with van der Waals surface area (Å²) < 4.78 is 8.59. The van der Waals surface area contributed by atoms with Gasteiger partial charge in [0.05, 0.1) is 31.4 Å². The highest BCUT2D eigenvalue weighted by Gasteiger charge is 2.34. The topological polar surface area (TPSA) is 87.0 Å². The largest absolute Gasteiger partial charge is 0.394 e. The maximum Gasteiger partial charge on any atom is 0.317 e. The molecule has 2 N–H and O–H groups in total. The number of nitrogens with zero attached hydrogens (tertiary/aromatic N) is 3. The van der Waals surface area contributed by atoms with Crippen LogP contribution in [0.3, 0.4) is 0 Å². The van der Waals surface area contributed by atoms with Crippen molar-refractivity contribution >= 4 is 22.8 Å². The van der Waals surface area contributed by atoms with E-state index in [4.69, 9.17) is 4.74 Å². The van der Waals surface area contributed by atoms with E-state index in [1.165, 1.54) is 0 Å². The molecule has 0 spiro atoms. The molecule has 0 unspecified atom stereocenters. The van der Waals surface area contributed by atoms with Crippen molar-refractivity contribution < 1.29 is 19.4 Å². The first-order valence-electron chi connectivity index (χ1n) is 15.0. The number of carbonyl (C=O) groups excluding carboxylic acids is 2. The number of amides is 3. The summed E-state index contributed by atoms with van der Waals surface area (Å²) in [6.07, 6.45) is -0.366. The molecule has 1 aromatic heterocycles. The van der Waals surface area contributed by atoms with Crippen LogP contribution in [-0.4, -0.2) is 70.3 Å². The van der Waals surface area contributed by atoms with Crippen LogP contribution in [0.25, 0.3) is 22.0 Å². The number of fused-ring (bicyclic) bond motifs is 5. The summed E-state index contributed by atoms with van der Waals surface area (Å²) >= 11 is 0. The number of para-hydroxylation sites is 1. The summed E-state index contributed by atoms with van der Waals surface area (Å²) in [6.45, 7) is 6.72. The van der Waals surface area contributed by atoms with Gasteiger partial charge >= 0.3 is 6.03 Å². The zero-order chi connectivity index (χ0) is 30.7. The van der Waals surface area contributed by atoms with Gasteiger partial charge in [-0.25, -0.2) is 4.79 Å². The zero-order valence-corrected chi connectivity index (χ0v) is 25.7. The van der Waals surface area contributed by atoms with Crippen LogP contribution < -0.4 is 5.32 Å². The minimum Gasteiger partial charge on any atom is -0.394 e. The number of carbonyl (C=O) groups is 2. The molecule has 1 aliphatic rings. The van der Waals surface area contributed by atoms with Crippen molar-refractivity contribution in [1.29, 1.82) is 0 Å². The van der Waals surface area contributed by atoms with Gasteiger partial charge in [0.1, 0.15) is 5.69 Å². The molecule has 0 saturated carbocycles. The maximum absolute atomic E-state index is 14.5. The predicted octanol–water partition coefficient (Wildman–Crippen LogP) is 5.61. The number of aromatic nitrogens is 1. The molecule has 0 radical (unpaired) electrons. The van der Waals surface area contributed by atoms with Gasteiger partial charge in [-0.05, 0) is 36.6 Å². The van der Waals surface area contributed by atoms with Crippen molar-refractivity contribution in [2.24, 2.45) is 13.0 Å². The van der Waals surface area contributed by atoms with Gasteiger partial charge in [-0.1, -0.05) is 79.7 Å². The van der Waals surface area contributed by atoms with E-state index in [-0.39, 0.29) is 36.6 Å². The number of aliphatic hydroxyl groups excluding tert-OH is 1. The predicted molar refractivity (Wildman–Crippen MR) is 170 cm³/mol. The molecule has 226 valence electrons. The fourth-order valence-corrected chi connectivity index (χ4v) is 6.00. The molecule has 8 nitrogen and oxygen atoms in total. The highest BCUT2D eigenvalue weighted by Crippen LogP contribution is 2.38. The first-order valence-corrected chi connectivity index (χ1v) is 15.0. The third kappa shape index (κ3) is 6.17. The lowest BCUT2D eigenvalue weighted by molar-refractivity contribution is -0.0186. The van der Waals surface area contributed by atoms with Crippen LogP contribution in [0, 0.1) is 5.92 Å². The van der Waals surface area contributed by atoms with Gasteiger partial charge in [0.2, 0.25) is 0 Å². The van der Waals surface area contributed by atoms with Gasteiger partial charge < -0.3 is 29.5 Å². The van der Waals surface area contributed by atoms with Crippen LogP contribution in [0.4, 0.5) is 4.79 Å². The van der Waals surface area contributed by atoms with Crippen molar-refractivity contribution in [3.8, 4) is 11.1 Å². The van der Waals surface area contributed by atoms with Crippen molar-refractivity contribution in [2.75, 3.05) is 26.7 Å². The number of urea groups is 1. The Hall–Kier alpha value is -4.14. The first-order chi connectivity index (χ1) is 20.7. The molecular weight excluding hydrogens is 540 g/mol. The van der Waals surface area contributed by atoms with E-state index < -0.39 is 6.04 Å². The smallest absolute Gasteiger partial charge is 0.317 e. The molecule has 0 fully saturated rings. The molecule has 5 rings (SSSR count). The Balaban J connectivity index is 1.50. The number of hydrogen-bond acceptors (Lipinski definition) is 4. The summed E-state index contributed by atoms with van der Waals surface area (Å²) in [5, 5.41) is 14.3. The number of aliphatic hydroxyl groups is 1. The number of ether oxygens (including phenoxy) is 1. The molecule has 0 saturated heterocycles. The number of likely N-dealkylation sites (N-methyl/N-ethyl adjacent to an activating group) is 1. The van der Waals surface area contributed by atoms with Crippen LogP contribution in [0.5, 0.6) is 0 Å². The van der Waals surface area contributed by atoms with E-state index in [0.717, 1.165) is 33.2 Å². The highest BCUT2D eigenvalue weighted by atomic mass is 16.5. The van der Waals surface area contributed by atoms with Crippen molar-refractivity contribution in [3.05, 3.63) is 95.7 Å². The van der Waals surface area contributed by atoms with Gasteiger partial charge in [0, 0.05) is 49.6 Å². The molecule has 3 amide bonds. The minimum atomic E-state index is -0.412. The fourth-order valence-electron chi connectivity index (χ4n) is 6.00. The molecule has 0 bridgehead atoms. The molecule has 4 atom stereocenters. The Kier molecular flexibility index (Phi) is 9.18. The van der Waals surface area contributed by atoms with E-state index in [1.807, 2.05) is 111 Å². The summed E-state index contributed by atoms with van der Waals surface area (Å²) in [7, 11) is 3.69. The van der Waals surface area contributed by atoms with E-state index >= 15 is 0 Å². The summed E-state index contributed by atoms with van der Waals surface area (Å²) in [4.78, 5) is 31.1. The third-order valence-electron chi connectivity index (χ3n) is 8.67. The average Bonchev–Trinajstić information content (AvgIpc) is 3.32. The van der Waals surface area contributed by atoms with Gasteiger partial charge in [-0.3, -0.25) is 4.79 Å². The standard InChI is InChI=1S/C35H42N4O4/c1-23-19-39(24(2)21-40)34(41)33-32(29-17-11-12-18-30(29)38(33)5)28-16-10-9-15-27(28)22-43-31(23)20-37(4)35(42)36-25(3)26-13-7-6-8-14-26/h6-18,23-25,31,40H,19-22H2,1-5H3,(H,36,42)/t23-,24-,25-,31-/m0/s1. The number of aryl methyl sites for hydroxylation is 1. The molecule has 2 heterocycles. The van der Waals surface area contributed by atoms with Crippen molar-refractivity contribution in [1.82, 2.24) is 19.7 Å². The molecule has 3 aromatic carbocycles. The Labute approximate surface area is 253 Å². The molecule has 4 aromatic rings. The second-order valence-electron chi connectivity index (χ2n) is 11.7. The number of nitrogens with one attached hydrogen (secondary N) is 1. The Morgan fingerprint density at radius 3 is 2.47 bits per heavy atom. The minimum absolute atomic E-state index is 0.136. The third-order valence-corrected chi connectivity index (χ3v) is 8.67. The van der Waals surface area contributed by atoms with E-state index in [9.17, 15) is 14.7 Å². The Bertz CT molecular complexity index is 1580. The van der Waals surface area contributed by atoms with Crippen LogP contribution in [0.1, 0.15) is 48.4 Å². The number of benzene rings is 3. The summed E-state index contributed by atoms with van der Waals surface area (Å²) in [6, 6.07) is 25.2. The molecular formula is C35H42N4O4. The zero-order valence-electron chi connectivity index (χ0n) is 25.7. The van der Waals surface area contributed by atoms with Gasteiger partial charge in [-0.2, -0.15) is 0 Å². The highest BCUT2D eigenvalue weighted by molar-refractivity contribution is 6.10. The Morgan fingerprint density at radius 2 is 1.72 bits per heavy atom. The fraction of sp³-hybridized carbons (Fsp3) is 0.371. The maximum atomic E-state index is 14.5. The normalized spacial score (nSPS) is 18.7. The average molecular weight is 583 g/mol. The van der Waals surface area contributed by atoms with Gasteiger partial charge in [-0.15, -0.1) is 0 Å².